The molecular formula is C29H41N3. The van der Waals surface area contributed by atoms with Crippen LogP contribution in [0.1, 0.15) is 71.4 Å². The number of fused-ring (bicyclic) bond motifs is 1. The fourth-order valence-electron chi connectivity index (χ4n) is 5.08. The highest BCUT2D eigenvalue weighted by molar-refractivity contribution is 5.50. The summed E-state index contributed by atoms with van der Waals surface area (Å²) >= 11 is 0. The average molecular weight is 432 g/mol. The van der Waals surface area contributed by atoms with Gasteiger partial charge in [0, 0.05) is 40.9 Å². The Morgan fingerprint density at radius 3 is 2.44 bits per heavy atom. The minimum Gasteiger partial charge on any atom is -0.370 e. The van der Waals surface area contributed by atoms with Crippen LogP contribution in [0.3, 0.4) is 0 Å². The van der Waals surface area contributed by atoms with E-state index in [9.17, 15) is 0 Å². The van der Waals surface area contributed by atoms with Crippen molar-refractivity contribution in [2.75, 3.05) is 13.1 Å². The quantitative estimate of drug-likeness (QED) is 0.240. The third kappa shape index (κ3) is 4.77. The Labute approximate surface area is 195 Å². The molecule has 1 atom stereocenters. The van der Waals surface area contributed by atoms with E-state index in [4.69, 9.17) is 0 Å². The van der Waals surface area contributed by atoms with E-state index >= 15 is 0 Å². The van der Waals surface area contributed by atoms with Gasteiger partial charge in [-0.2, -0.15) is 0 Å². The van der Waals surface area contributed by atoms with Crippen LogP contribution in [0.25, 0.3) is 0 Å². The molecule has 1 aromatic rings. The molecular weight excluding hydrogens is 390 g/mol. The number of benzene rings is 1. The van der Waals surface area contributed by atoms with Crippen LogP contribution in [0.5, 0.6) is 0 Å². The largest absolute Gasteiger partial charge is 0.370 e. The summed E-state index contributed by atoms with van der Waals surface area (Å²) < 4.78 is 0. The number of allylic oxidation sites excluding steroid dienone is 2. The molecule has 2 aliphatic carbocycles. The van der Waals surface area contributed by atoms with E-state index in [1.54, 1.807) is 0 Å². The Morgan fingerprint density at radius 1 is 1.19 bits per heavy atom. The van der Waals surface area contributed by atoms with Gasteiger partial charge in [0.2, 0.25) is 0 Å². The Kier molecular flexibility index (Phi) is 7.17. The van der Waals surface area contributed by atoms with E-state index in [2.05, 4.69) is 100 Å². The van der Waals surface area contributed by atoms with E-state index in [0.29, 0.717) is 0 Å². The number of nitrogens with one attached hydrogen (secondary N) is 1. The smallest absolute Gasteiger partial charge is 0.129 e. The lowest BCUT2D eigenvalue weighted by Crippen LogP contribution is -2.39. The molecule has 172 valence electrons. The maximum atomic E-state index is 4.62. The second-order valence-electron chi connectivity index (χ2n) is 10.1. The topological polar surface area (TPSA) is 27.6 Å². The second-order valence-corrected chi connectivity index (χ2v) is 10.1. The highest BCUT2D eigenvalue weighted by Crippen LogP contribution is 2.42. The van der Waals surface area contributed by atoms with Gasteiger partial charge >= 0.3 is 0 Å². The molecule has 2 aliphatic rings. The van der Waals surface area contributed by atoms with Crippen molar-refractivity contribution in [1.29, 1.82) is 0 Å². The third-order valence-corrected chi connectivity index (χ3v) is 7.23. The molecule has 1 saturated carbocycles. The zero-order valence-electron chi connectivity index (χ0n) is 20.9. The zero-order valence-corrected chi connectivity index (χ0v) is 20.9. The minimum atomic E-state index is -0.0433. The Morgan fingerprint density at radius 2 is 1.88 bits per heavy atom. The fraction of sp³-hybridized carbons (Fsp3) is 0.483. The molecule has 0 radical (unpaired) electrons. The van der Waals surface area contributed by atoms with Gasteiger partial charge in [0.05, 0.1) is 0 Å². The van der Waals surface area contributed by atoms with Crippen molar-refractivity contribution in [1.82, 2.24) is 10.2 Å². The first-order valence-electron chi connectivity index (χ1n) is 12.0. The third-order valence-electron chi connectivity index (χ3n) is 7.23. The molecule has 1 unspecified atom stereocenters. The van der Waals surface area contributed by atoms with Crippen molar-refractivity contribution < 1.29 is 0 Å². The molecule has 0 bridgehead atoms. The lowest BCUT2D eigenvalue weighted by Gasteiger charge is -2.38. The summed E-state index contributed by atoms with van der Waals surface area (Å²) in [5.74, 6) is 0.878. The summed E-state index contributed by atoms with van der Waals surface area (Å²) in [5, 5.41) is 3.62. The lowest BCUT2D eigenvalue weighted by atomic mass is 9.81. The van der Waals surface area contributed by atoms with Crippen molar-refractivity contribution in [3.63, 3.8) is 0 Å². The van der Waals surface area contributed by atoms with Crippen molar-refractivity contribution >= 4 is 6.72 Å². The minimum absolute atomic E-state index is 0.0433. The highest BCUT2D eigenvalue weighted by atomic mass is 15.1. The molecule has 0 aromatic heterocycles. The molecule has 0 spiro atoms. The second kappa shape index (κ2) is 9.52. The van der Waals surface area contributed by atoms with Crippen LogP contribution in [0.4, 0.5) is 0 Å². The molecule has 0 aliphatic heterocycles. The van der Waals surface area contributed by atoms with Gasteiger partial charge in [0.1, 0.15) is 5.82 Å². The van der Waals surface area contributed by atoms with Crippen molar-refractivity contribution in [2.45, 2.75) is 77.7 Å². The SMILES string of the molecule is C=CC1(CN(CCC)C(=C)C(=C(C)C)/C(C)=C(/N=C)NC2(C)CC2)CCc2ccccc21. The summed E-state index contributed by atoms with van der Waals surface area (Å²) in [5.41, 5.74) is 7.60. The van der Waals surface area contributed by atoms with Crippen molar-refractivity contribution in [3.05, 3.63) is 82.9 Å². The average Bonchev–Trinajstić information content (AvgIpc) is 3.39. The zero-order chi connectivity index (χ0) is 23.5. The molecule has 1 N–H and O–H groups in total. The number of hydrogen-bond acceptors (Lipinski definition) is 3. The van der Waals surface area contributed by atoms with E-state index < -0.39 is 0 Å². The number of hydrogen-bond donors (Lipinski definition) is 1. The number of nitrogens with zero attached hydrogens (tertiary/aromatic N) is 2. The van der Waals surface area contributed by atoms with E-state index in [-0.39, 0.29) is 11.0 Å². The van der Waals surface area contributed by atoms with Gasteiger partial charge in [-0.05, 0) is 77.6 Å². The van der Waals surface area contributed by atoms with Crippen LogP contribution >= 0.6 is 0 Å². The number of rotatable bonds is 11. The fourth-order valence-corrected chi connectivity index (χ4v) is 5.08. The molecule has 3 nitrogen and oxygen atoms in total. The molecule has 1 aromatic carbocycles. The van der Waals surface area contributed by atoms with Gasteiger partial charge in [-0.15, -0.1) is 6.58 Å². The van der Waals surface area contributed by atoms with Gasteiger partial charge in [0.25, 0.3) is 0 Å². The number of aryl methyl sites for hydroxylation is 1. The molecule has 32 heavy (non-hydrogen) atoms. The Bertz CT molecular complexity index is 956. The van der Waals surface area contributed by atoms with Crippen molar-refractivity contribution in [2.24, 2.45) is 4.99 Å². The molecule has 3 rings (SSSR count). The molecule has 0 heterocycles. The van der Waals surface area contributed by atoms with Gasteiger partial charge in [-0.3, -0.25) is 0 Å². The van der Waals surface area contributed by atoms with E-state index in [0.717, 1.165) is 49.4 Å². The predicted molar refractivity (Wildman–Crippen MR) is 139 cm³/mol. The van der Waals surface area contributed by atoms with Crippen LogP contribution < -0.4 is 5.32 Å². The first kappa shape index (κ1) is 24.1. The standard InChI is InChI=1S/C29H41N3/c1-9-19-32(20-29(10-2)16-15-24-13-11-12-14-25(24)29)23(6)26(21(3)4)22(5)27(30-8)31-28(7)17-18-28/h10-14,31H,2,6,8-9,15-20H2,1,3-5,7H3/b27-22-. The van der Waals surface area contributed by atoms with Gasteiger partial charge in [0.15, 0.2) is 0 Å². The predicted octanol–water partition coefficient (Wildman–Crippen LogP) is 6.69. The van der Waals surface area contributed by atoms with Crippen LogP contribution in [0, 0.1) is 0 Å². The highest BCUT2D eigenvalue weighted by Gasteiger charge is 2.39. The number of aliphatic imine (C=N–C) groups is 1. The van der Waals surface area contributed by atoms with Crippen LogP contribution in [-0.4, -0.2) is 30.2 Å². The Balaban J connectivity index is 1.96. The van der Waals surface area contributed by atoms with Crippen LogP contribution in [0.15, 0.2) is 76.7 Å². The summed E-state index contributed by atoms with van der Waals surface area (Å²) in [6, 6.07) is 8.85. The van der Waals surface area contributed by atoms with Crippen LogP contribution in [-0.2, 0) is 11.8 Å². The summed E-state index contributed by atoms with van der Waals surface area (Å²) in [7, 11) is 0. The van der Waals surface area contributed by atoms with Crippen LogP contribution in [0.2, 0.25) is 0 Å². The van der Waals surface area contributed by atoms with Crippen molar-refractivity contribution in [3.8, 4) is 0 Å². The summed E-state index contributed by atoms with van der Waals surface area (Å²) in [4.78, 5) is 6.84. The maximum Gasteiger partial charge on any atom is 0.129 e. The molecule has 3 heteroatoms. The van der Waals surface area contributed by atoms with Gasteiger partial charge < -0.3 is 10.2 Å². The summed E-state index contributed by atoms with van der Waals surface area (Å²) in [6.45, 7) is 25.6. The normalized spacial score (nSPS) is 21.2. The molecule has 0 saturated heterocycles. The summed E-state index contributed by atoms with van der Waals surface area (Å²) in [6.07, 6.45) is 7.79. The maximum absolute atomic E-state index is 4.62. The molecule has 1 fully saturated rings. The lowest BCUT2D eigenvalue weighted by molar-refractivity contribution is 0.287. The van der Waals surface area contributed by atoms with Gasteiger partial charge in [-0.25, -0.2) is 4.99 Å². The monoisotopic (exact) mass is 431 g/mol. The van der Waals surface area contributed by atoms with Gasteiger partial charge in [-0.1, -0.05) is 49.4 Å². The first-order valence-corrected chi connectivity index (χ1v) is 12.0. The van der Waals surface area contributed by atoms with E-state index in [1.165, 1.54) is 35.1 Å². The Hall–Kier alpha value is -2.55. The molecule has 0 amide bonds. The first-order chi connectivity index (χ1) is 15.2. The van der Waals surface area contributed by atoms with E-state index in [1.807, 2.05) is 0 Å².